The van der Waals surface area contributed by atoms with Gasteiger partial charge in [0.05, 0.1) is 30.4 Å². The number of rotatable bonds is 11. The molecule has 32 heavy (non-hydrogen) atoms. The van der Waals surface area contributed by atoms with Crippen molar-refractivity contribution in [2.24, 2.45) is 0 Å². The number of unbranched alkanes of at least 4 members (excludes halogenated alkanes) is 1. The van der Waals surface area contributed by atoms with Crippen LogP contribution in [0.25, 0.3) is 0 Å². The fourth-order valence-electron chi connectivity index (χ4n) is 2.88. The first-order valence-electron chi connectivity index (χ1n) is 9.87. The minimum absolute atomic E-state index is 0.0443. The number of sulfonamides is 1. The first kappa shape index (κ1) is 26.2. The van der Waals surface area contributed by atoms with Crippen LogP contribution in [0.2, 0.25) is 10.0 Å². The van der Waals surface area contributed by atoms with Gasteiger partial charge in [-0.3, -0.25) is 4.31 Å². The number of benzene rings is 2. The minimum atomic E-state index is -3.98. The Balaban J connectivity index is 2.20. The van der Waals surface area contributed by atoms with E-state index < -0.39 is 16.1 Å². The molecule has 0 aliphatic heterocycles. The minimum Gasteiger partial charge on any atom is -0.449 e. The fourth-order valence-corrected chi connectivity index (χ4v) is 4.70. The largest absolute Gasteiger partial charge is 0.449 e. The number of likely N-dealkylation sites (N-methyl/N-ethyl adjacent to an activating group) is 1. The third kappa shape index (κ3) is 6.98. The van der Waals surface area contributed by atoms with Crippen molar-refractivity contribution < 1.29 is 28.2 Å². The van der Waals surface area contributed by atoms with Gasteiger partial charge in [0.1, 0.15) is 0 Å². The van der Waals surface area contributed by atoms with Crippen molar-refractivity contribution in [3.05, 3.63) is 58.1 Å². The Hall–Kier alpha value is -2.04. The number of amides is 1. The molecule has 0 unspecified atom stereocenters. The summed E-state index contributed by atoms with van der Waals surface area (Å²) in [5, 5.41) is 19.3. The Bertz CT molecular complexity index is 1000. The average Bonchev–Trinajstić information content (AvgIpc) is 2.76. The molecule has 0 aliphatic carbocycles. The van der Waals surface area contributed by atoms with Gasteiger partial charge in [0.2, 0.25) is 0 Å². The maximum atomic E-state index is 13.4. The summed E-state index contributed by atoms with van der Waals surface area (Å²) in [4.78, 5) is 13.1. The van der Waals surface area contributed by atoms with Crippen LogP contribution in [0.3, 0.4) is 0 Å². The van der Waals surface area contributed by atoms with Gasteiger partial charge in [-0.1, -0.05) is 29.3 Å². The van der Waals surface area contributed by atoms with E-state index in [0.717, 1.165) is 0 Å². The summed E-state index contributed by atoms with van der Waals surface area (Å²) < 4.78 is 33.1. The SMILES string of the molecule is CN(CCO)C(=O)OCCCCN(c1cc(Cl)ccc1CO)S(=O)(=O)c1ccc(Cl)cc1. The van der Waals surface area contributed by atoms with Crippen LogP contribution < -0.4 is 4.31 Å². The van der Waals surface area contributed by atoms with Gasteiger partial charge in [-0.25, -0.2) is 13.2 Å². The van der Waals surface area contributed by atoms with Gasteiger partial charge in [-0.05, 0) is 49.2 Å². The quantitative estimate of drug-likeness (QED) is 0.453. The number of carbonyl (C=O) groups is 1. The highest BCUT2D eigenvalue weighted by Crippen LogP contribution is 2.31. The maximum Gasteiger partial charge on any atom is 0.409 e. The zero-order valence-corrected chi connectivity index (χ0v) is 19.9. The second-order valence-corrected chi connectivity index (χ2v) is 9.66. The molecule has 2 aromatic rings. The molecule has 0 saturated carbocycles. The molecule has 8 nitrogen and oxygen atoms in total. The number of ether oxygens (including phenoxy) is 1. The van der Waals surface area contributed by atoms with E-state index >= 15 is 0 Å². The normalized spacial score (nSPS) is 11.3. The summed E-state index contributed by atoms with van der Waals surface area (Å²) in [6.07, 6.45) is 0.212. The highest BCUT2D eigenvalue weighted by atomic mass is 35.5. The number of hydrogen-bond donors (Lipinski definition) is 2. The van der Waals surface area contributed by atoms with E-state index in [9.17, 15) is 18.3 Å². The van der Waals surface area contributed by atoms with Crippen molar-refractivity contribution in [3.63, 3.8) is 0 Å². The van der Waals surface area contributed by atoms with Crippen molar-refractivity contribution in [1.29, 1.82) is 0 Å². The molecule has 0 radical (unpaired) electrons. The van der Waals surface area contributed by atoms with Crippen LogP contribution >= 0.6 is 23.2 Å². The predicted octanol–water partition coefficient (Wildman–Crippen LogP) is 3.52. The van der Waals surface area contributed by atoms with E-state index in [1.54, 1.807) is 12.1 Å². The Morgan fingerprint density at radius 3 is 2.28 bits per heavy atom. The molecule has 0 atom stereocenters. The van der Waals surface area contributed by atoms with Crippen LogP contribution in [-0.2, 0) is 21.4 Å². The molecule has 2 rings (SSSR count). The molecule has 1 amide bonds. The Labute approximate surface area is 198 Å². The van der Waals surface area contributed by atoms with Gasteiger partial charge in [0, 0.05) is 35.7 Å². The number of carbonyl (C=O) groups excluding carboxylic acids is 1. The van der Waals surface area contributed by atoms with Gasteiger partial charge in [0.25, 0.3) is 10.0 Å². The Kier molecular flexibility index (Phi) is 10.0. The van der Waals surface area contributed by atoms with Gasteiger partial charge in [-0.15, -0.1) is 0 Å². The molecule has 0 spiro atoms. The van der Waals surface area contributed by atoms with Crippen molar-refractivity contribution >= 4 is 45.0 Å². The monoisotopic (exact) mass is 504 g/mol. The van der Waals surface area contributed by atoms with Crippen molar-refractivity contribution in [2.45, 2.75) is 24.3 Å². The van der Waals surface area contributed by atoms with Crippen molar-refractivity contribution in [1.82, 2.24) is 4.90 Å². The van der Waals surface area contributed by atoms with Gasteiger partial charge >= 0.3 is 6.09 Å². The zero-order chi connectivity index (χ0) is 23.7. The summed E-state index contributed by atoms with van der Waals surface area (Å²) in [7, 11) is -2.47. The number of anilines is 1. The third-order valence-corrected chi connectivity index (χ3v) is 6.93. The number of halogens is 2. The highest BCUT2D eigenvalue weighted by Gasteiger charge is 2.26. The molecule has 0 aliphatic rings. The molecule has 2 aromatic carbocycles. The van der Waals surface area contributed by atoms with E-state index in [1.807, 2.05) is 0 Å². The number of aliphatic hydroxyl groups is 2. The Morgan fingerprint density at radius 2 is 1.66 bits per heavy atom. The van der Waals surface area contributed by atoms with E-state index in [2.05, 4.69) is 0 Å². The molecule has 176 valence electrons. The van der Waals surface area contributed by atoms with E-state index in [1.165, 1.54) is 46.6 Å². The molecular formula is C21H26Cl2N2O6S. The lowest BCUT2D eigenvalue weighted by molar-refractivity contribution is 0.102. The molecule has 0 fully saturated rings. The zero-order valence-electron chi connectivity index (χ0n) is 17.6. The predicted molar refractivity (Wildman–Crippen MR) is 124 cm³/mol. The average molecular weight is 505 g/mol. The molecule has 0 saturated heterocycles. The molecule has 11 heteroatoms. The van der Waals surface area contributed by atoms with Crippen molar-refractivity contribution in [3.8, 4) is 0 Å². The lowest BCUT2D eigenvalue weighted by Crippen LogP contribution is -2.33. The standard InChI is InChI=1S/C21H26Cl2N2O6S/c1-24(11-12-26)21(28)31-13-3-2-10-25(20-14-18(23)5-4-16(20)15-27)32(29,30)19-8-6-17(22)7-9-19/h4-9,14,26-27H,2-3,10-13,15H2,1H3. The first-order valence-corrected chi connectivity index (χ1v) is 12.1. The van der Waals surface area contributed by atoms with E-state index in [4.69, 9.17) is 33.0 Å². The molecule has 0 bridgehead atoms. The molecular weight excluding hydrogens is 479 g/mol. The number of hydrogen-bond acceptors (Lipinski definition) is 6. The number of aliphatic hydroxyl groups excluding tert-OH is 2. The lowest BCUT2D eigenvalue weighted by atomic mass is 10.2. The molecule has 0 aromatic heterocycles. The second kappa shape index (κ2) is 12.3. The molecule has 0 heterocycles. The molecule has 2 N–H and O–H groups in total. The second-order valence-electron chi connectivity index (χ2n) is 6.93. The van der Waals surface area contributed by atoms with Gasteiger partial charge in [0.15, 0.2) is 0 Å². The van der Waals surface area contributed by atoms with Crippen LogP contribution in [0.1, 0.15) is 18.4 Å². The van der Waals surface area contributed by atoms with E-state index in [-0.39, 0.29) is 43.5 Å². The van der Waals surface area contributed by atoms with Gasteiger partial charge < -0.3 is 19.8 Å². The lowest BCUT2D eigenvalue weighted by Gasteiger charge is -2.27. The first-order chi connectivity index (χ1) is 15.2. The fraction of sp³-hybridized carbons (Fsp3) is 0.381. The van der Waals surface area contributed by atoms with Gasteiger partial charge in [-0.2, -0.15) is 0 Å². The van der Waals surface area contributed by atoms with Crippen molar-refractivity contribution in [2.75, 3.05) is 37.7 Å². The van der Waals surface area contributed by atoms with Crippen LogP contribution in [0.5, 0.6) is 0 Å². The summed E-state index contributed by atoms with van der Waals surface area (Å²) in [6, 6.07) is 10.4. The highest BCUT2D eigenvalue weighted by molar-refractivity contribution is 7.92. The van der Waals surface area contributed by atoms with Crippen LogP contribution in [0.15, 0.2) is 47.4 Å². The number of nitrogens with zero attached hydrogens (tertiary/aromatic N) is 2. The summed E-state index contributed by atoms with van der Waals surface area (Å²) in [5.74, 6) is 0. The van der Waals surface area contributed by atoms with E-state index in [0.29, 0.717) is 28.5 Å². The third-order valence-electron chi connectivity index (χ3n) is 4.62. The topological polar surface area (TPSA) is 107 Å². The maximum absolute atomic E-state index is 13.4. The van der Waals surface area contributed by atoms with Crippen LogP contribution in [-0.4, -0.2) is 63.0 Å². The van der Waals surface area contributed by atoms with Crippen LogP contribution in [0, 0.1) is 0 Å². The summed E-state index contributed by atoms with van der Waals surface area (Å²) >= 11 is 12.0. The Morgan fingerprint density at radius 1 is 1.00 bits per heavy atom. The van der Waals surface area contributed by atoms with Crippen LogP contribution in [0.4, 0.5) is 10.5 Å². The summed E-state index contributed by atoms with van der Waals surface area (Å²) in [5.41, 5.74) is 0.679. The smallest absolute Gasteiger partial charge is 0.409 e. The summed E-state index contributed by atoms with van der Waals surface area (Å²) in [6.45, 7) is -0.220.